The minimum Gasteiger partial charge on any atom is -0.493 e. The quantitative estimate of drug-likeness (QED) is 0.334. The largest absolute Gasteiger partial charge is 0.493 e. The minimum absolute atomic E-state index is 0.576. The highest BCUT2D eigenvalue weighted by Crippen LogP contribution is 2.46. The topological polar surface area (TPSA) is 18.5 Å². The molecule has 142 valence electrons. The summed E-state index contributed by atoms with van der Waals surface area (Å²) in [7, 11) is 0. The van der Waals surface area contributed by atoms with Crippen LogP contribution in [0.1, 0.15) is 13.8 Å². The van der Waals surface area contributed by atoms with E-state index in [4.69, 9.17) is 32.7 Å². The van der Waals surface area contributed by atoms with E-state index in [0.29, 0.717) is 23.3 Å². The summed E-state index contributed by atoms with van der Waals surface area (Å²) in [6, 6.07) is 19.9. The predicted octanol–water partition coefficient (Wildman–Crippen LogP) is 7.76. The Morgan fingerprint density at radius 3 is 1.43 bits per heavy atom. The van der Waals surface area contributed by atoms with Gasteiger partial charge in [-0.2, -0.15) is 0 Å². The summed E-state index contributed by atoms with van der Waals surface area (Å²) in [6.45, 7) is 5.13. The first-order chi connectivity index (χ1) is 13.6. The maximum atomic E-state index is 6.24. The summed E-state index contributed by atoms with van der Waals surface area (Å²) in [6.07, 6.45) is 0. The van der Waals surface area contributed by atoms with Crippen molar-refractivity contribution in [2.24, 2.45) is 0 Å². The van der Waals surface area contributed by atoms with E-state index in [1.54, 1.807) is 0 Å². The van der Waals surface area contributed by atoms with Gasteiger partial charge in [0.05, 0.1) is 13.2 Å². The van der Waals surface area contributed by atoms with Crippen molar-refractivity contribution in [2.45, 2.75) is 13.8 Å². The molecule has 0 heterocycles. The van der Waals surface area contributed by atoms with Crippen LogP contribution in [0, 0.1) is 0 Å². The zero-order chi connectivity index (χ0) is 19.7. The SMILES string of the molecule is CCOc1ccc2cc(Cl)ccc2c1-c1c(OCC)ccc2cc(Cl)ccc12. The highest BCUT2D eigenvalue weighted by Gasteiger charge is 2.19. The molecular formula is C24H20Cl2O2. The molecule has 0 spiro atoms. The number of rotatable bonds is 5. The van der Waals surface area contributed by atoms with Crippen LogP contribution in [-0.4, -0.2) is 13.2 Å². The van der Waals surface area contributed by atoms with Gasteiger partial charge >= 0.3 is 0 Å². The summed E-state index contributed by atoms with van der Waals surface area (Å²) in [4.78, 5) is 0. The third-order valence-corrected chi connectivity index (χ3v) is 5.21. The Kier molecular flexibility index (Phi) is 5.34. The van der Waals surface area contributed by atoms with Crippen LogP contribution in [0.15, 0.2) is 60.7 Å². The van der Waals surface area contributed by atoms with Gasteiger partial charge < -0.3 is 9.47 Å². The maximum Gasteiger partial charge on any atom is 0.127 e. The molecule has 4 heteroatoms. The zero-order valence-corrected chi connectivity index (χ0v) is 17.3. The number of ether oxygens (including phenoxy) is 2. The molecular weight excluding hydrogens is 391 g/mol. The number of halogens is 2. The van der Waals surface area contributed by atoms with E-state index in [1.807, 2.05) is 74.5 Å². The van der Waals surface area contributed by atoms with Crippen LogP contribution < -0.4 is 9.47 Å². The van der Waals surface area contributed by atoms with Gasteiger partial charge in [0.15, 0.2) is 0 Å². The Morgan fingerprint density at radius 1 is 0.607 bits per heavy atom. The lowest BCUT2D eigenvalue weighted by Gasteiger charge is -2.19. The molecule has 0 atom stereocenters. The van der Waals surface area contributed by atoms with Crippen LogP contribution in [0.2, 0.25) is 10.0 Å². The van der Waals surface area contributed by atoms with Crippen molar-refractivity contribution in [1.29, 1.82) is 0 Å². The summed E-state index contributed by atoms with van der Waals surface area (Å²) in [5.74, 6) is 1.64. The average Bonchev–Trinajstić information content (AvgIpc) is 2.68. The summed E-state index contributed by atoms with van der Waals surface area (Å²) in [5, 5.41) is 5.66. The molecule has 4 rings (SSSR count). The Balaban J connectivity index is 2.15. The molecule has 0 N–H and O–H groups in total. The number of hydrogen-bond donors (Lipinski definition) is 0. The summed E-state index contributed by atoms with van der Waals surface area (Å²) in [5.41, 5.74) is 2.01. The second kappa shape index (κ2) is 7.90. The molecule has 0 saturated carbocycles. The van der Waals surface area contributed by atoms with Gasteiger partial charge in [-0.15, -0.1) is 0 Å². The first-order valence-electron chi connectivity index (χ1n) is 9.33. The molecule has 0 unspecified atom stereocenters. The molecule has 0 radical (unpaired) electrons. The molecule has 0 fully saturated rings. The van der Waals surface area contributed by atoms with E-state index in [1.165, 1.54) is 0 Å². The van der Waals surface area contributed by atoms with Crippen LogP contribution in [0.3, 0.4) is 0 Å². The summed E-state index contributed by atoms with van der Waals surface area (Å²) >= 11 is 12.5. The lowest BCUT2D eigenvalue weighted by Crippen LogP contribution is -1.99. The van der Waals surface area contributed by atoms with Gasteiger partial charge in [-0.1, -0.05) is 47.5 Å². The van der Waals surface area contributed by atoms with E-state index < -0.39 is 0 Å². The van der Waals surface area contributed by atoms with Crippen molar-refractivity contribution >= 4 is 44.7 Å². The molecule has 0 amide bonds. The first-order valence-corrected chi connectivity index (χ1v) is 10.1. The molecule has 4 aromatic rings. The van der Waals surface area contributed by atoms with Gasteiger partial charge in [0, 0.05) is 21.2 Å². The fourth-order valence-corrected chi connectivity index (χ4v) is 3.99. The Morgan fingerprint density at radius 2 is 1.04 bits per heavy atom. The Bertz CT molecular complexity index is 1080. The van der Waals surface area contributed by atoms with Gasteiger partial charge in [-0.25, -0.2) is 0 Å². The second-order valence-electron chi connectivity index (χ2n) is 6.47. The molecule has 2 nitrogen and oxygen atoms in total. The van der Waals surface area contributed by atoms with Crippen LogP contribution in [0.25, 0.3) is 32.7 Å². The van der Waals surface area contributed by atoms with Gasteiger partial charge in [0.25, 0.3) is 0 Å². The Labute approximate surface area is 174 Å². The van der Waals surface area contributed by atoms with Crippen molar-refractivity contribution in [3.8, 4) is 22.6 Å². The maximum absolute atomic E-state index is 6.24. The molecule has 28 heavy (non-hydrogen) atoms. The highest BCUT2D eigenvalue weighted by atomic mass is 35.5. The van der Waals surface area contributed by atoms with Crippen molar-refractivity contribution in [3.63, 3.8) is 0 Å². The van der Waals surface area contributed by atoms with Crippen LogP contribution in [0.5, 0.6) is 11.5 Å². The van der Waals surface area contributed by atoms with Crippen LogP contribution in [0.4, 0.5) is 0 Å². The van der Waals surface area contributed by atoms with Gasteiger partial charge in [-0.05, 0) is 71.8 Å². The van der Waals surface area contributed by atoms with E-state index >= 15 is 0 Å². The fraction of sp³-hybridized carbons (Fsp3) is 0.167. The number of fused-ring (bicyclic) bond motifs is 2. The van der Waals surface area contributed by atoms with Gasteiger partial charge in [0.2, 0.25) is 0 Å². The van der Waals surface area contributed by atoms with E-state index in [0.717, 1.165) is 44.2 Å². The zero-order valence-electron chi connectivity index (χ0n) is 15.8. The lowest BCUT2D eigenvalue weighted by atomic mass is 9.92. The van der Waals surface area contributed by atoms with Crippen molar-refractivity contribution in [1.82, 2.24) is 0 Å². The van der Waals surface area contributed by atoms with Crippen molar-refractivity contribution in [2.75, 3.05) is 13.2 Å². The first kappa shape index (κ1) is 18.9. The normalized spacial score (nSPS) is 11.1. The van der Waals surface area contributed by atoms with Crippen molar-refractivity contribution < 1.29 is 9.47 Å². The molecule has 0 aliphatic rings. The predicted molar refractivity (Wildman–Crippen MR) is 119 cm³/mol. The standard InChI is InChI=1S/C24H20Cl2O2/c1-3-27-21-11-5-15-13-17(25)7-9-19(15)23(21)24-20-10-8-18(26)14-16(20)6-12-22(24)28-4-2/h5-14H,3-4H2,1-2H3. The number of hydrogen-bond acceptors (Lipinski definition) is 2. The monoisotopic (exact) mass is 410 g/mol. The molecule has 0 aliphatic carbocycles. The molecule has 0 saturated heterocycles. The average molecular weight is 411 g/mol. The van der Waals surface area contributed by atoms with E-state index in [9.17, 15) is 0 Å². The van der Waals surface area contributed by atoms with Crippen molar-refractivity contribution in [3.05, 3.63) is 70.7 Å². The lowest BCUT2D eigenvalue weighted by molar-refractivity contribution is 0.337. The van der Waals surface area contributed by atoms with Gasteiger partial charge in [-0.3, -0.25) is 0 Å². The van der Waals surface area contributed by atoms with Crippen LogP contribution >= 0.6 is 23.2 Å². The second-order valence-corrected chi connectivity index (χ2v) is 7.35. The van der Waals surface area contributed by atoms with E-state index in [2.05, 4.69) is 0 Å². The summed E-state index contributed by atoms with van der Waals surface area (Å²) < 4.78 is 12.0. The minimum atomic E-state index is 0.576. The molecule has 0 aromatic heterocycles. The third kappa shape index (κ3) is 3.39. The van der Waals surface area contributed by atoms with E-state index in [-0.39, 0.29) is 0 Å². The molecule has 4 aromatic carbocycles. The third-order valence-electron chi connectivity index (χ3n) is 4.74. The molecule has 0 aliphatic heterocycles. The highest BCUT2D eigenvalue weighted by molar-refractivity contribution is 6.32. The van der Waals surface area contributed by atoms with Crippen LogP contribution in [-0.2, 0) is 0 Å². The molecule has 0 bridgehead atoms. The van der Waals surface area contributed by atoms with Gasteiger partial charge in [0.1, 0.15) is 11.5 Å². The fourth-order valence-electron chi connectivity index (χ4n) is 3.63. The Hall–Kier alpha value is -2.42. The number of benzene rings is 4. The smallest absolute Gasteiger partial charge is 0.127 e.